The molecule has 318 valence electrons. The Morgan fingerprint density at radius 2 is 0.754 bits per heavy atom. The lowest BCUT2D eigenvalue weighted by atomic mass is 9.90. The molecule has 8 rings (SSSR count). The van der Waals surface area contributed by atoms with Gasteiger partial charge in [0.2, 0.25) is 0 Å². The van der Waals surface area contributed by atoms with Crippen LogP contribution in [0.25, 0.3) is 45.7 Å². The first-order chi connectivity index (χ1) is 31.8. The molecule has 8 aromatic rings. The minimum atomic E-state index is 0.893. The predicted octanol–water partition coefficient (Wildman–Crippen LogP) is 11.7. The molecule has 0 bridgehead atoms. The van der Waals surface area contributed by atoms with Gasteiger partial charge in [0.25, 0.3) is 0 Å². The third-order valence-electron chi connectivity index (χ3n) is 11.9. The molecule has 0 aliphatic carbocycles. The zero-order chi connectivity index (χ0) is 45.7. The van der Waals surface area contributed by atoms with Crippen LogP contribution in [0.3, 0.4) is 0 Å². The Kier molecular flexibility index (Phi) is 14.9. The van der Waals surface area contributed by atoms with Crippen LogP contribution in [0.5, 0.6) is 0 Å². The van der Waals surface area contributed by atoms with Gasteiger partial charge in [0, 0.05) is 16.5 Å². The van der Waals surface area contributed by atoms with Gasteiger partial charge in [-0.25, -0.2) is 0 Å². The smallest absolute Gasteiger partial charge is 0.0783 e. The number of hydrogen-bond acceptors (Lipinski definition) is 1. The molecule has 0 atom stereocenters. The first-order valence-electron chi connectivity index (χ1n) is 22.5. The van der Waals surface area contributed by atoms with Gasteiger partial charge in [0.05, 0.1) is 5.70 Å². The molecule has 0 aromatic heterocycles. The second-order valence-electron chi connectivity index (χ2n) is 15.8. The summed E-state index contributed by atoms with van der Waals surface area (Å²) in [5.74, 6) is 0. The van der Waals surface area contributed by atoms with E-state index in [2.05, 4.69) is 229 Å². The average Bonchev–Trinajstić information content (AvgIpc) is 3.37. The van der Waals surface area contributed by atoms with Gasteiger partial charge in [-0.2, -0.15) is 0 Å². The molecule has 0 saturated heterocycles. The van der Waals surface area contributed by atoms with Crippen LogP contribution in [-0.4, -0.2) is 5.71 Å². The Labute approximate surface area is 385 Å². The van der Waals surface area contributed by atoms with Gasteiger partial charge in [-0.1, -0.05) is 234 Å². The molecule has 0 N–H and O–H groups in total. The van der Waals surface area contributed by atoms with Crippen molar-refractivity contribution >= 4 is 40.3 Å². The van der Waals surface area contributed by atoms with Gasteiger partial charge < -0.3 is 0 Å². The van der Waals surface area contributed by atoms with Crippen molar-refractivity contribution < 1.29 is 0 Å². The SMILES string of the molecule is C=C/C(c1ccccc1)=c1/cccc/c1=C(/C)c1cc(/C(C)=c2\cccc\c2=C(\C=C)c2ccccc2)cc(-c2ccc(/C(N=C(C)c3ccccc3)=c3\ccccc3=C)cc2)c1.CC. The van der Waals surface area contributed by atoms with E-state index in [4.69, 9.17) is 4.99 Å². The summed E-state index contributed by atoms with van der Waals surface area (Å²) < 4.78 is 0. The number of allylic oxidation sites excluding steroid dienone is 2. The highest BCUT2D eigenvalue weighted by Crippen LogP contribution is 2.29. The van der Waals surface area contributed by atoms with Gasteiger partial charge >= 0.3 is 0 Å². The van der Waals surface area contributed by atoms with Crippen molar-refractivity contribution in [3.63, 3.8) is 0 Å². The summed E-state index contributed by atoms with van der Waals surface area (Å²) in [6, 6.07) is 72.8. The lowest BCUT2D eigenvalue weighted by Crippen LogP contribution is -2.29. The zero-order valence-electron chi connectivity index (χ0n) is 38.4. The maximum atomic E-state index is 5.26. The van der Waals surface area contributed by atoms with Gasteiger partial charge in [-0.05, 0) is 126 Å². The Hall–Kier alpha value is -7.87. The molecule has 1 heteroatoms. The number of aliphatic imine (C=N–C) groups is 1. The summed E-state index contributed by atoms with van der Waals surface area (Å²) in [7, 11) is 0. The van der Waals surface area contributed by atoms with E-state index in [0.717, 1.165) is 98.4 Å². The first-order valence-corrected chi connectivity index (χ1v) is 22.5. The van der Waals surface area contributed by atoms with E-state index in [-0.39, 0.29) is 0 Å². The number of benzene rings is 8. The monoisotopic (exact) mass is 839 g/mol. The predicted molar refractivity (Wildman–Crippen MR) is 282 cm³/mol. The van der Waals surface area contributed by atoms with Crippen molar-refractivity contribution in [2.75, 3.05) is 0 Å². The van der Waals surface area contributed by atoms with E-state index in [9.17, 15) is 0 Å². The molecule has 0 heterocycles. The number of nitrogens with zero attached hydrogens (tertiary/aromatic N) is 1. The number of rotatable bonds is 10. The molecule has 0 saturated carbocycles. The molecule has 8 aromatic carbocycles. The van der Waals surface area contributed by atoms with Crippen LogP contribution in [0.4, 0.5) is 0 Å². The van der Waals surface area contributed by atoms with Gasteiger partial charge in [-0.15, -0.1) is 0 Å². The fraction of sp³-hybridized carbons (Fsp3) is 0.0781. The van der Waals surface area contributed by atoms with Crippen LogP contribution in [0, 0.1) is 0 Å². The fourth-order valence-corrected chi connectivity index (χ4v) is 8.39. The van der Waals surface area contributed by atoms with Crippen molar-refractivity contribution in [2.24, 2.45) is 4.99 Å². The van der Waals surface area contributed by atoms with E-state index in [1.165, 1.54) is 11.1 Å². The third kappa shape index (κ3) is 10.2. The standard InChI is InChI=1S/C62H51N.C2H6/c1-7-55(49-27-14-10-15-28-49)60-34-22-20-32-58(60)44(4)52-40-53(45(5)59-33-21-23-35-61(59)56(8-2)50-29-16-11-17-30-50)42-54(41-52)48-36-38-51(39-37-48)62(57-31-19-18-24-43(57)3)63-46(6)47-25-12-9-13-26-47;1-2/h7-42H,1-3H2,4-6H3;1-2H3/b58-44+,59-45+,60-55+,61-56+,62-57-,63-46?;. The van der Waals surface area contributed by atoms with Crippen LogP contribution < -0.4 is 31.3 Å². The normalized spacial score (nSPS) is 13.6. The maximum absolute atomic E-state index is 5.26. The summed E-state index contributed by atoms with van der Waals surface area (Å²) in [4.78, 5) is 5.26. The molecule has 0 aliphatic heterocycles. The average molecular weight is 840 g/mol. The van der Waals surface area contributed by atoms with E-state index < -0.39 is 0 Å². The van der Waals surface area contributed by atoms with Crippen LogP contribution in [0.2, 0.25) is 0 Å². The second-order valence-corrected chi connectivity index (χ2v) is 15.8. The molecule has 65 heavy (non-hydrogen) atoms. The van der Waals surface area contributed by atoms with Crippen LogP contribution in [0.15, 0.2) is 237 Å². The summed E-state index contributed by atoms with van der Waals surface area (Å²) in [5, 5.41) is 6.56. The van der Waals surface area contributed by atoms with Crippen molar-refractivity contribution in [3.05, 3.63) is 296 Å². The van der Waals surface area contributed by atoms with E-state index in [0.29, 0.717) is 0 Å². The minimum absolute atomic E-state index is 0.893. The lowest BCUT2D eigenvalue weighted by molar-refractivity contribution is 1.38. The van der Waals surface area contributed by atoms with Crippen LogP contribution in [0.1, 0.15) is 68.0 Å². The third-order valence-corrected chi connectivity index (χ3v) is 11.9. The highest BCUT2D eigenvalue weighted by atomic mass is 14.8. The largest absolute Gasteiger partial charge is 0.252 e. The molecular weight excluding hydrogens is 783 g/mol. The summed E-state index contributed by atoms with van der Waals surface area (Å²) in [6.45, 7) is 23.5. The topological polar surface area (TPSA) is 12.4 Å². The lowest BCUT2D eigenvalue weighted by Gasteiger charge is -2.14. The Balaban J connectivity index is 0.00000311. The molecular formula is C64H57N. The molecule has 0 unspecified atom stereocenters. The fourth-order valence-electron chi connectivity index (χ4n) is 8.39. The summed E-state index contributed by atoms with van der Waals surface area (Å²) >= 11 is 0. The van der Waals surface area contributed by atoms with Crippen molar-refractivity contribution in [2.45, 2.75) is 34.6 Å². The summed E-state index contributed by atoms with van der Waals surface area (Å²) in [6.07, 6.45) is 3.95. The van der Waals surface area contributed by atoms with E-state index in [1.807, 2.05) is 44.2 Å². The Morgan fingerprint density at radius 3 is 1.18 bits per heavy atom. The highest BCUT2D eigenvalue weighted by Gasteiger charge is 2.12. The highest BCUT2D eigenvalue weighted by molar-refractivity contribution is 6.01. The minimum Gasteiger partial charge on any atom is -0.252 e. The van der Waals surface area contributed by atoms with Crippen molar-refractivity contribution in [1.82, 2.24) is 0 Å². The van der Waals surface area contributed by atoms with Crippen LogP contribution >= 0.6 is 0 Å². The molecule has 0 fully saturated rings. The number of hydrogen-bond donors (Lipinski definition) is 0. The maximum Gasteiger partial charge on any atom is 0.0783 e. The molecule has 0 radical (unpaired) electrons. The van der Waals surface area contributed by atoms with Crippen molar-refractivity contribution in [1.29, 1.82) is 0 Å². The Bertz CT molecular complexity index is 3230. The van der Waals surface area contributed by atoms with Crippen molar-refractivity contribution in [3.8, 4) is 11.1 Å². The first kappa shape index (κ1) is 45.2. The van der Waals surface area contributed by atoms with Gasteiger partial charge in [0.15, 0.2) is 0 Å². The zero-order valence-corrected chi connectivity index (χ0v) is 38.4. The van der Waals surface area contributed by atoms with Gasteiger partial charge in [-0.3, -0.25) is 4.99 Å². The summed E-state index contributed by atoms with van der Waals surface area (Å²) in [5.41, 5.74) is 15.3. The molecule has 0 amide bonds. The quantitative estimate of drug-likeness (QED) is 0.122. The Morgan fingerprint density at radius 1 is 0.369 bits per heavy atom. The second kappa shape index (κ2) is 21.5. The molecule has 1 nitrogen and oxygen atoms in total. The van der Waals surface area contributed by atoms with Gasteiger partial charge in [0.1, 0.15) is 0 Å². The molecule has 0 aliphatic rings. The van der Waals surface area contributed by atoms with Crippen LogP contribution in [-0.2, 0) is 0 Å². The van der Waals surface area contributed by atoms with E-state index >= 15 is 0 Å². The molecule has 0 spiro atoms. The van der Waals surface area contributed by atoms with E-state index in [1.54, 1.807) is 0 Å².